The van der Waals surface area contributed by atoms with Crippen LogP contribution in [-0.2, 0) is 4.79 Å². The minimum Gasteiger partial charge on any atom is -0.326 e. The number of carbonyl (C=O) groups excluding carboxylic acids is 1. The van der Waals surface area contributed by atoms with E-state index < -0.39 is 0 Å². The molecule has 0 aliphatic heterocycles. The highest BCUT2D eigenvalue weighted by Crippen LogP contribution is 2.49. The van der Waals surface area contributed by atoms with E-state index in [1.54, 1.807) is 0 Å². The Morgan fingerprint density at radius 1 is 1.37 bits per heavy atom. The molecule has 0 heterocycles. The average molecular weight is 278 g/mol. The van der Waals surface area contributed by atoms with E-state index in [9.17, 15) is 4.79 Å². The molecule has 0 radical (unpaired) electrons. The molecule has 3 atom stereocenters. The summed E-state index contributed by atoms with van der Waals surface area (Å²) in [5.41, 5.74) is 1.80. The summed E-state index contributed by atoms with van der Waals surface area (Å²) < 4.78 is 0. The van der Waals surface area contributed by atoms with Gasteiger partial charge in [-0.05, 0) is 61.6 Å². The summed E-state index contributed by atoms with van der Waals surface area (Å²) in [6.45, 7) is 1.94. The molecule has 1 amide bonds. The normalized spacial score (nSPS) is 28.6. The van der Waals surface area contributed by atoms with Crippen LogP contribution in [-0.4, -0.2) is 5.91 Å². The van der Waals surface area contributed by atoms with Crippen LogP contribution in [0.5, 0.6) is 0 Å². The van der Waals surface area contributed by atoms with E-state index in [4.69, 9.17) is 11.6 Å². The fourth-order valence-corrected chi connectivity index (χ4v) is 3.98. The summed E-state index contributed by atoms with van der Waals surface area (Å²) in [4.78, 5) is 12.2. The van der Waals surface area contributed by atoms with Gasteiger partial charge in [0, 0.05) is 17.1 Å². The lowest BCUT2D eigenvalue weighted by Gasteiger charge is -2.21. The maximum Gasteiger partial charge on any atom is 0.224 e. The van der Waals surface area contributed by atoms with Crippen molar-refractivity contribution in [1.82, 2.24) is 0 Å². The van der Waals surface area contributed by atoms with Gasteiger partial charge in [-0.25, -0.2) is 0 Å². The molecule has 0 saturated heterocycles. The quantitative estimate of drug-likeness (QED) is 0.871. The van der Waals surface area contributed by atoms with Crippen molar-refractivity contribution in [2.45, 2.75) is 39.0 Å². The Morgan fingerprint density at radius 2 is 2.21 bits per heavy atom. The van der Waals surface area contributed by atoms with Gasteiger partial charge in [-0.3, -0.25) is 4.79 Å². The van der Waals surface area contributed by atoms with Crippen molar-refractivity contribution >= 4 is 23.2 Å². The van der Waals surface area contributed by atoms with Gasteiger partial charge in [0.15, 0.2) is 0 Å². The van der Waals surface area contributed by atoms with E-state index in [1.807, 2.05) is 25.1 Å². The van der Waals surface area contributed by atoms with Gasteiger partial charge in [-0.1, -0.05) is 24.1 Å². The van der Waals surface area contributed by atoms with E-state index in [2.05, 4.69) is 5.32 Å². The Hall–Kier alpha value is -1.02. The molecule has 2 saturated carbocycles. The SMILES string of the molecule is Cc1c(Cl)cccc1NC(=O)C[C@H]1C[C@H]2CC[C@H]1C2. The summed E-state index contributed by atoms with van der Waals surface area (Å²) >= 11 is 6.07. The van der Waals surface area contributed by atoms with Gasteiger partial charge in [-0.15, -0.1) is 0 Å². The number of nitrogens with one attached hydrogen (secondary N) is 1. The average Bonchev–Trinajstić information content (AvgIpc) is 2.97. The van der Waals surface area contributed by atoms with Crippen LogP contribution >= 0.6 is 11.6 Å². The second-order valence-electron chi connectivity index (χ2n) is 6.10. The topological polar surface area (TPSA) is 29.1 Å². The van der Waals surface area contributed by atoms with Gasteiger partial charge >= 0.3 is 0 Å². The number of anilines is 1. The molecule has 2 fully saturated rings. The first-order valence-corrected chi connectivity index (χ1v) is 7.56. The minimum absolute atomic E-state index is 0.142. The van der Waals surface area contributed by atoms with Crippen LogP contribution < -0.4 is 5.32 Å². The number of hydrogen-bond donors (Lipinski definition) is 1. The summed E-state index contributed by atoms with van der Waals surface area (Å²) in [6.07, 6.45) is 6.00. The first kappa shape index (κ1) is 13.0. The van der Waals surface area contributed by atoms with Crippen molar-refractivity contribution in [3.05, 3.63) is 28.8 Å². The zero-order valence-electron chi connectivity index (χ0n) is 11.3. The number of rotatable bonds is 3. The third-order valence-corrected chi connectivity index (χ3v) is 5.28. The van der Waals surface area contributed by atoms with Crippen LogP contribution in [0.15, 0.2) is 18.2 Å². The van der Waals surface area contributed by atoms with Crippen molar-refractivity contribution in [2.24, 2.45) is 17.8 Å². The molecule has 0 spiro atoms. The Labute approximate surface area is 119 Å². The Balaban J connectivity index is 1.61. The molecule has 2 aliphatic rings. The minimum atomic E-state index is 0.142. The molecule has 3 heteroatoms. The fraction of sp³-hybridized carbons (Fsp3) is 0.562. The molecule has 19 heavy (non-hydrogen) atoms. The number of halogens is 1. The van der Waals surface area contributed by atoms with Gasteiger partial charge in [0.1, 0.15) is 0 Å². The van der Waals surface area contributed by atoms with E-state index in [0.717, 1.165) is 23.1 Å². The number of hydrogen-bond acceptors (Lipinski definition) is 1. The molecule has 0 aromatic heterocycles. The van der Waals surface area contributed by atoms with Crippen molar-refractivity contribution in [1.29, 1.82) is 0 Å². The standard InChI is InChI=1S/C16H20ClNO/c1-10-14(17)3-2-4-15(10)18-16(19)9-13-8-11-5-6-12(13)7-11/h2-4,11-13H,5-9H2,1H3,(H,18,19)/t11-,12-,13+/m0/s1. The van der Waals surface area contributed by atoms with Gasteiger partial charge in [0.05, 0.1) is 0 Å². The highest BCUT2D eigenvalue weighted by Gasteiger charge is 2.40. The van der Waals surface area contributed by atoms with Gasteiger partial charge < -0.3 is 5.32 Å². The molecule has 2 nitrogen and oxygen atoms in total. The number of fused-ring (bicyclic) bond motifs is 2. The molecular formula is C16H20ClNO. The molecule has 1 N–H and O–H groups in total. The maximum absolute atomic E-state index is 12.2. The van der Waals surface area contributed by atoms with Crippen LogP contribution in [0.1, 0.15) is 37.7 Å². The van der Waals surface area contributed by atoms with Crippen LogP contribution in [0.3, 0.4) is 0 Å². The van der Waals surface area contributed by atoms with Gasteiger partial charge in [0.25, 0.3) is 0 Å². The summed E-state index contributed by atoms with van der Waals surface area (Å²) in [5.74, 6) is 2.45. The smallest absolute Gasteiger partial charge is 0.224 e. The molecule has 102 valence electrons. The monoisotopic (exact) mass is 277 g/mol. The zero-order valence-corrected chi connectivity index (χ0v) is 12.0. The number of carbonyl (C=O) groups is 1. The lowest BCUT2D eigenvalue weighted by Crippen LogP contribution is -2.20. The highest BCUT2D eigenvalue weighted by atomic mass is 35.5. The predicted octanol–water partition coefficient (Wildman–Crippen LogP) is 4.41. The first-order chi connectivity index (χ1) is 9.13. The van der Waals surface area contributed by atoms with Crippen molar-refractivity contribution in [3.8, 4) is 0 Å². The number of benzene rings is 1. The van der Waals surface area contributed by atoms with Gasteiger partial charge in [-0.2, -0.15) is 0 Å². The number of amides is 1. The Morgan fingerprint density at radius 3 is 2.89 bits per heavy atom. The third kappa shape index (κ3) is 2.64. The maximum atomic E-state index is 12.2. The molecule has 2 bridgehead atoms. The molecule has 1 aromatic rings. The van der Waals surface area contributed by atoms with E-state index >= 15 is 0 Å². The van der Waals surface area contributed by atoms with Crippen LogP contribution in [0.25, 0.3) is 0 Å². The van der Waals surface area contributed by atoms with Crippen LogP contribution in [0.2, 0.25) is 5.02 Å². The van der Waals surface area contributed by atoms with Gasteiger partial charge in [0.2, 0.25) is 5.91 Å². The second-order valence-corrected chi connectivity index (χ2v) is 6.51. The fourth-order valence-electron chi connectivity index (χ4n) is 3.81. The zero-order chi connectivity index (χ0) is 13.4. The van der Waals surface area contributed by atoms with Crippen LogP contribution in [0.4, 0.5) is 5.69 Å². The predicted molar refractivity (Wildman–Crippen MR) is 78.4 cm³/mol. The molecular weight excluding hydrogens is 258 g/mol. The Kier molecular flexibility index (Phi) is 3.53. The Bertz CT molecular complexity index is 500. The third-order valence-electron chi connectivity index (χ3n) is 4.87. The largest absolute Gasteiger partial charge is 0.326 e. The lowest BCUT2D eigenvalue weighted by molar-refractivity contribution is -0.117. The molecule has 3 rings (SSSR count). The van der Waals surface area contributed by atoms with Crippen molar-refractivity contribution in [3.63, 3.8) is 0 Å². The summed E-state index contributed by atoms with van der Waals surface area (Å²) in [7, 11) is 0. The summed E-state index contributed by atoms with van der Waals surface area (Å²) in [5, 5.41) is 3.72. The van der Waals surface area contributed by atoms with Crippen molar-refractivity contribution < 1.29 is 4.79 Å². The lowest BCUT2D eigenvalue weighted by atomic mass is 9.86. The molecule has 0 unspecified atom stereocenters. The van der Waals surface area contributed by atoms with Crippen LogP contribution in [0, 0.1) is 24.7 Å². The second kappa shape index (κ2) is 5.16. The van der Waals surface area contributed by atoms with E-state index in [1.165, 1.54) is 25.7 Å². The van der Waals surface area contributed by atoms with E-state index in [-0.39, 0.29) is 5.91 Å². The van der Waals surface area contributed by atoms with Crippen molar-refractivity contribution in [2.75, 3.05) is 5.32 Å². The first-order valence-electron chi connectivity index (χ1n) is 7.18. The molecule has 2 aliphatic carbocycles. The molecule has 1 aromatic carbocycles. The van der Waals surface area contributed by atoms with E-state index in [0.29, 0.717) is 17.4 Å². The summed E-state index contributed by atoms with van der Waals surface area (Å²) in [6, 6.07) is 5.64. The highest BCUT2D eigenvalue weighted by molar-refractivity contribution is 6.31.